The summed E-state index contributed by atoms with van der Waals surface area (Å²) < 4.78 is 5.41. The molecule has 0 N–H and O–H groups in total. The molecule has 0 spiro atoms. The first kappa shape index (κ1) is 12.4. The molecule has 0 unspecified atom stereocenters. The van der Waals surface area contributed by atoms with E-state index in [9.17, 15) is 4.79 Å². The van der Waals surface area contributed by atoms with Gasteiger partial charge < -0.3 is 9.53 Å². The van der Waals surface area contributed by atoms with Crippen LogP contribution in [0.3, 0.4) is 0 Å². The average molecular weight is 184 g/mol. The molecule has 0 aliphatic rings. The van der Waals surface area contributed by atoms with Crippen LogP contribution in [0.5, 0.6) is 0 Å². The first-order chi connectivity index (χ1) is 6.16. The molecule has 0 bridgehead atoms. The highest BCUT2D eigenvalue weighted by Crippen LogP contribution is 2.03. The van der Waals surface area contributed by atoms with Gasteiger partial charge in [0.25, 0.3) is 0 Å². The highest BCUT2D eigenvalue weighted by atomic mass is 16.5. The van der Waals surface area contributed by atoms with Crippen molar-refractivity contribution < 1.29 is 9.53 Å². The smallest absolute Gasteiger partial charge is 0.120 e. The number of rotatable bonds is 7. The van der Waals surface area contributed by atoms with Crippen molar-refractivity contribution in [3.63, 3.8) is 0 Å². The molecule has 0 heterocycles. The van der Waals surface area contributed by atoms with Crippen LogP contribution in [0.15, 0.2) is 11.6 Å². The van der Waals surface area contributed by atoms with Crippen molar-refractivity contribution in [3.8, 4) is 0 Å². The van der Waals surface area contributed by atoms with Crippen LogP contribution >= 0.6 is 0 Å². The van der Waals surface area contributed by atoms with E-state index in [0.717, 1.165) is 25.7 Å². The van der Waals surface area contributed by atoms with Gasteiger partial charge >= 0.3 is 0 Å². The molecule has 0 aromatic rings. The largest absolute Gasteiger partial charge is 0.378 e. The van der Waals surface area contributed by atoms with E-state index < -0.39 is 0 Å². The third-order valence-corrected chi connectivity index (χ3v) is 1.72. The van der Waals surface area contributed by atoms with Crippen LogP contribution in [0.25, 0.3) is 0 Å². The van der Waals surface area contributed by atoms with E-state index in [1.54, 1.807) is 0 Å². The minimum absolute atomic E-state index is 0.308. The summed E-state index contributed by atoms with van der Waals surface area (Å²) in [7, 11) is 0. The van der Waals surface area contributed by atoms with E-state index in [4.69, 9.17) is 4.74 Å². The second-order valence-corrected chi connectivity index (χ2v) is 3.46. The lowest BCUT2D eigenvalue weighted by Gasteiger charge is -2.06. The highest BCUT2D eigenvalue weighted by Gasteiger charge is 1.94. The Kier molecular flexibility index (Phi) is 7.60. The van der Waals surface area contributed by atoms with Gasteiger partial charge in [0.2, 0.25) is 0 Å². The predicted molar refractivity (Wildman–Crippen MR) is 54.8 cm³/mol. The second kappa shape index (κ2) is 7.99. The highest BCUT2D eigenvalue weighted by molar-refractivity contribution is 5.49. The van der Waals surface area contributed by atoms with Gasteiger partial charge in [0.1, 0.15) is 6.29 Å². The number of aldehydes is 1. The number of hydrogen-bond donors (Lipinski definition) is 0. The summed E-state index contributed by atoms with van der Waals surface area (Å²) in [5.74, 6) is 0. The van der Waals surface area contributed by atoms with Crippen molar-refractivity contribution in [3.05, 3.63) is 11.6 Å². The molecule has 0 aromatic heterocycles. The molecule has 2 nitrogen and oxygen atoms in total. The van der Waals surface area contributed by atoms with Crippen molar-refractivity contribution in [2.24, 2.45) is 0 Å². The minimum atomic E-state index is 0.308. The zero-order valence-corrected chi connectivity index (χ0v) is 8.88. The molecule has 0 saturated carbocycles. The molecule has 13 heavy (non-hydrogen) atoms. The lowest BCUT2D eigenvalue weighted by molar-refractivity contribution is -0.107. The quantitative estimate of drug-likeness (QED) is 0.345. The lowest BCUT2D eigenvalue weighted by atomic mass is 10.1. The van der Waals surface area contributed by atoms with Crippen molar-refractivity contribution >= 4 is 6.29 Å². The summed E-state index contributed by atoms with van der Waals surface area (Å²) >= 11 is 0. The number of carbonyl (C=O) groups excluding carboxylic acids is 1. The number of hydrogen-bond acceptors (Lipinski definition) is 2. The molecular weight excluding hydrogens is 164 g/mol. The molecule has 0 radical (unpaired) electrons. The van der Waals surface area contributed by atoms with Crippen LogP contribution in [0.1, 0.15) is 40.0 Å². The maximum Gasteiger partial charge on any atom is 0.120 e. The molecule has 0 aromatic carbocycles. The summed E-state index contributed by atoms with van der Waals surface area (Å²) in [5.41, 5.74) is 1.31. The number of unbranched alkanes of at least 4 members (excludes halogenated alkanes) is 1. The number of ether oxygens (including phenoxy) is 1. The van der Waals surface area contributed by atoms with E-state index in [0.29, 0.717) is 12.5 Å². The Morgan fingerprint density at radius 2 is 2.08 bits per heavy atom. The van der Waals surface area contributed by atoms with Crippen LogP contribution < -0.4 is 0 Å². The Labute approximate surface area is 81.0 Å². The summed E-state index contributed by atoms with van der Waals surface area (Å²) in [6, 6.07) is 0. The lowest BCUT2D eigenvalue weighted by Crippen LogP contribution is -2.03. The van der Waals surface area contributed by atoms with Crippen LogP contribution in [-0.2, 0) is 9.53 Å². The topological polar surface area (TPSA) is 26.3 Å². The standard InChI is InChI=1S/C11H20O2/c1-10(2)13-9-7-11(3)6-4-5-8-12/h6,8,10H,4-5,7,9H2,1-3H3. The van der Waals surface area contributed by atoms with Gasteiger partial charge in [-0.15, -0.1) is 0 Å². The van der Waals surface area contributed by atoms with E-state index in [2.05, 4.69) is 13.0 Å². The predicted octanol–water partition coefficient (Wildman–Crippen LogP) is 2.73. The third kappa shape index (κ3) is 9.28. The maximum absolute atomic E-state index is 10.0. The molecule has 76 valence electrons. The van der Waals surface area contributed by atoms with Gasteiger partial charge in [0.05, 0.1) is 12.7 Å². The van der Waals surface area contributed by atoms with Gasteiger partial charge in [-0.2, -0.15) is 0 Å². The van der Waals surface area contributed by atoms with E-state index in [-0.39, 0.29) is 0 Å². The fourth-order valence-electron chi connectivity index (χ4n) is 0.955. The Bertz CT molecular complexity index is 159. The van der Waals surface area contributed by atoms with Crippen molar-refractivity contribution in [2.45, 2.75) is 46.1 Å². The minimum Gasteiger partial charge on any atom is -0.378 e. The van der Waals surface area contributed by atoms with Gasteiger partial charge in [-0.25, -0.2) is 0 Å². The monoisotopic (exact) mass is 184 g/mol. The van der Waals surface area contributed by atoms with Gasteiger partial charge in [-0.1, -0.05) is 11.6 Å². The zero-order valence-electron chi connectivity index (χ0n) is 8.88. The van der Waals surface area contributed by atoms with Crippen LogP contribution in [-0.4, -0.2) is 19.0 Å². The first-order valence-corrected chi connectivity index (χ1v) is 4.87. The second-order valence-electron chi connectivity index (χ2n) is 3.46. The fraction of sp³-hybridized carbons (Fsp3) is 0.727. The molecule has 0 saturated heterocycles. The van der Waals surface area contributed by atoms with Gasteiger partial charge in [-0.3, -0.25) is 0 Å². The van der Waals surface area contributed by atoms with Crippen LogP contribution in [0.4, 0.5) is 0 Å². The fourth-order valence-corrected chi connectivity index (χ4v) is 0.955. The normalized spacial score (nSPS) is 12.2. The molecule has 0 atom stereocenters. The SMILES string of the molecule is CC(=CCCC=O)CCOC(C)C. The first-order valence-electron chi connectivity index (χ1n) is 4.87. The van der Waals surface area contributed by atoms with E-state index >= 15 is 0 Å². The molecule has 2 heteroatoms. The Balaban J connectivity index is 3.43. The zero-order chi connectivity index (χ0) is 10.1. The number of carbonyl (C=O) groups is 1. The molecule has 0 fully saturated rings. The summed E-state index contributed by atoms with van der Waals surface area (Å²) in [5, 5.41) is 0. The van der Waals surface area contributed by atoms with Gasteiger partial charge in [0, 0.05) is 6.42 Å². The van der Waals surface area contributed by atoms with Gasteiger partial charge in [0.15, 0.2) is 0 Å². The molecule has 0 aliphatic heterocycles. The van der Waals surface area contributed by atoms with Crippen molar-refractivity contribution in [2.75, 3.05) is 6.61 Å². The van der Waals surface area contributed by atoms with Gasteiger partial charge in [-0.05, 0) is 33.6 Å². The number of allylic oxidation sites excluding steroid dienone is 1. The maximum atomic E-state index is 10.0. The Hall–Kier alpha value is -0.630. The van der Waals surface area contributed by atoms with Crippen molar-refractivity contribution in [1.82, 2.24) is 0 Å². The van der Waals surface area contributed by atoms with Crippen LogP contribution in [0.2, 0.25) is 0 Å². The summed E-state index contributed by atoms with van der Waals surface area (Å²) in [4.78, 5) is 10.0. The van der Waals surface area contributed by atoms with Crippen molar-refractivity contribution in [1.29, 1.82) is 0 Å². The summed E-state index contributed by atoms with van der Waals surface area (Å²) in [6.07, 6.45) is 5.82. The molecule has 0 aliphatic carbocycles. The average Bonchev–Trinajstić information content (AvgIpc) is 2.04. The molecule has 0 amide bonds. The van der Waals surface area contributed by atoms with Crippen LogP contribution in [0, 0.1) is 0 Å². The van der Waals surface area contributed by atoms with E-state index in [1.165, 1.54) is 5.57 Å². The molecular formula is C11H20O2. The Morgan fingerprint density at radius 3 is 2.62 bits per heavy atom. The molecule has 0 rings (SSSR count). The Morgan fingerprint density at radius 1 is 1.38 bits per heavy atom. The third-order valence-electron chi connectivity index (χ3n) is 1.72. The van der Waals surface area contributed by atoms with E-state index in [1.807, 2.05) is 13.8 Å². The summed E-state index contributed by atoms with van der Waals surface area (Å²) in [6.45, 7) is 6.92.